The lowest BCUT2D eigenvalue weighted by Crippen LogP contribution is -2.17. The Morgan fingerprint density at radius 1 is 0.875 bits per heavy atom. The summed E-state index contributed by atoms with van der Waals surface area (Å²) in [6.07, 6.45) is 0. The fraction of sp³-hybridized carbons (Fsp3) is 0.0435. The number of fused-ring (bicyclic) bond motifs is 1. The van der Waals surface area contributed by atoms with Crippen LogP contribution in [0.1, 0.15) is 27.8 Å². The van der Waals surface area contributed by atoms with Gasteiger partial charge in [0, 0.05) is 23.9 Å². The number of hydrogen-bond acceptors (Lipinski definition) is 6. The van der Waals surface area contributed by atoms with Crippen LogP contribution in [0.4, 0.5) is 21.5 Å². The Morgan fingerprint density at radius 3 is 2.25 bits per heavy atom. The Bertz CT molecular complexity index is 1330. The Kier molecular flexibility index (Phi) is 5.82. The maximum Gasteiger partial charge on any atom is 0.270 e. The van der Waals surface area contributed by atoms with E-state index in [1.165, 1.54) is 6.92 Å². The van der Waals surface area contributed by atoms with Crippen molar-refractivity contribution < 1.29 is 14.4 Å². The number of hydrogen-bond donors (Lipinski definition) is 4. The minimum absolute atomic E-state index is 0.0264. The Balaban J connectivity index is 1.54. The molecule has 0 radical (unpaired) electrons. The molecule has 3 amide bonds. The van der Waals surface area contributed by atoms with E-state index in [1.54, 1.807) is 24.3 Å². The molecular weight excluding hydrogens is 426 g/mol. The van der Waals surface area contributed by atoms with Gasteiger partial charge >= 0.3 is 0 Å². The van der Waals surface area contributed by atoms with Crippen molar-refractivity contribution in [2.75, 3.05) is 16.0 Å². The van der Waals surface area contributed by atoms with Gasteiger partial charge in [-0.05, 0) is 47.2 Å². The Hall–Kier alpha value is -4.24. The third kappa shape index (κ3) is 4.73. The van der Waals surface area contributed by atoms with Gasteiger partial charge in [0.25, 0.3) is 11.8 Å². The molecule has 0 saturated heterocycles. The molecule has 0 fully saturated rings. The smallest absolute Gasteiger partial charge is 0.270 e. The van der Waals surface area contributed by atoms with Gasteiger partial charge in [0.15, 0.2) is 10.8 Å². The molecule has 0 atom stereocenters. The lowest BCUT2D eigenvalue weighted by atomic mass is 10.1. The maximum atomic E-state index is 12.6. The van der Waals surface area contributed by atoms with E-state index < -0.39 is 11.8 Å². The quantitative estimate of drug-likeness (QED) is 0.351. The van der Waals surface area contributed by atoms with Gasteiger partial charge < -0.3 is 21.7 Å². The second kappa shape index (κ2) is 8.86. The van der Waals surface area contributed by atoms with Crippen LogP contribution < -0.4 is 21.7 Å². The SMILES string of the molecule is CC(=O)Nc1ccc(C(=O)Nc2sc(Nc3ccc4ccccc4c3)nc2C(N)=O)cc1. The summed E-state index contributed by atoms with van der Waals surface area (Å²) >= 11 is 1.11. The largest absolute Gasteiger partial charge is 0.364 e. The molecule has 9 heteroatoms. The number of rotatable bonds is 6. The second-order valence-corrected chi connectivity index (χ2v) is 7.96. The summed E-state index contributed by atoms with van der Waals surface area (Å²) < 4.78 is 0. The van der Waals surface area contributed by atoms with Crippen molar-refractivity contribution in [2.45, 2.75) is 6.92 Å². The highest BCUT2D eigenvalue weighted by Gasteiger charge is 2.19. The molecular formula is C23H19N5O3S. The molecule has 4 rings (SSSR count). The summed E-state index contributed by atoms with van der Waals surface area (Å²) in [5.41, 5.74) is 7.16. The molecule has 4 aromatic rings. The normalized spacial score (nSPS) is 10.5. The van der Waals surface area contributed by atoms with Gasteiger partial charge in [-0.25, -0.2) is 4.98 Å². The van der Waals surface area contributed by atoms with Crippen LogP contribution in [-0.2, 0) is 4.79 Å². The van der Waals surface area contributed by atoms with Gasteiger partial charge in [-0.3, -0.25) is 14.4 Å². The van der Waals surface area contributed by atoms with Gasteiger partial charge in [-0.15, -0.1) is 0 Å². The van der Waals surface area contributed by atoms with Gasteiger partial charge in [0.2, 0.25) is 5.91 Å². The van der Waals surface area contributed by atoms with Crippen molar-refractivity contribution in [1.82, 2.24) is 4.98 Å². The summed E-state index contributed by atoms with van der Waals surface area (Å²) in [6, 6.07) is 20.2. The highest BCUT2D eigenvalue weighted by molar-refractivity contribution is 7.20. The fourth-order valence-electron chi connectivity index (χ4n) is 3.10. The first-order chi connectivity index (χ1) is 15.4. The van der Waals surface area contributed by atoms with Crippen molar-refractivity contribution in [1.29, 1.82) is 0 Å². The van der Waals surface area contributed by atoms with Gasteiger partial charge in [0.05, 0.1) is 0 Å². The monoisotopic (exact) mass is 445 g/mol. The third-order valence-electron chi connectivity index (χ3n) is 4.56. The van der Waals surface area contributed by atoms with E-state index in [1.807, 2.05) is 42.5 Å². The van der Waals surface area contributed by atoms with Crippen molar-refractivity contribution in [2.24, 2.45) is 5.73 Å². The van der Waals surface area contributed by atoms with E-state index in [2.05, 4.69) is 20.9 Å². The number of amides is 3. The number of primary amides is 1. The minimum Gasteiger partial charge on any atom is -0.364 e. The molecule has 0 bridgehead atoms. The number of aromatic nitrogens is 1. The number of carbonyl (C=O) groups excluding carboxylic acids is 3. The standard InChI is InChI=1S/C23H19N5O3S/c1-13(29)25-17-9-7-15(8-10-17)21(31)28-22-19(20(24)30)27-23(32-22)26-18-11-6-14-4-2-3-5-16(14)12-18/h2-12H,1H3,(H2,24,30)(H,25,29)(H,26,27)(H,28,31). The summed E-state index contributed by atoms with van der Waals surface area (Å²) in [5, 5.41) is 11.3. The summed E-state index contributed by atoms with van der Waals surface area (Å²) in [5.74, 6) is -1.38. The molecule has 3 aromatic carbocycles. The first-order valence-electron chi connectivity index (χ1n) is 9.64. The molecule has 160 valence electrons. The predicted molar refractivity (Wildman–Crippen MR) is 127 cm³/mol. The number of nitrogens with zero attached hydrogens (tertiary/aromatic N) is 1. The number of benzene rings is 3. The molecule has 0 unspecified atom stereocenters. The molecule has 0 spiro atoms. The fourth-order valence-corrected chi connectivity index (χ4v) is 3.99. The molecule has 8 nitrogen and oxygen atoms in total. The Morgan fingerprint density at radius 2 is 1.56 bits per heavy atom. The average Bonchev–Trinajstić information content (AvgIpc) is 3.16. The third-order valence-corrected chi connectivity index (χ3v) is 5.44. The van der Waals surface area contributed by atoms with Crippen molar-refractivity contribution in [3.63, 3.8) is 0 Å². The topological polar surface area (TPSA) is 126 Å². The van der Waals surface area contributed by atoms with Crippen molar-refractivity contribution >= 4 is 61.3 Å². The van der Waals surface area contributed by atoms with Crippen LogP contribution in [-0.4, -0.2) is 22.7 Å². The minimum atomic E-state index is -0.746. The second-order valence-electron chi connectivity index (χ2n) is 6.96. The lowest BCUT2D eigenvalue weighted by molar-refractivity contribution is -0.114. The molecule has 1 heterocycles. The Labute approximate surface area is 187 Å². The van der Waals surface area contributed by atoms with Crippen LogP contribution in [0.25, 0.3) is 10.8 Å². The number of carbonyl (C=O) groups is 3. The average molecular weight is 446 g/mol. The molecule has 0 saturated carbocycles. The number of thiazole rings is 1. The first-order valence-corrected chi connectivity index (χ1v) is 10.5. The van der Waals surface area contributed by atoms with E-state index >= 15 is 0 Å². The zero-order valence-electron chi connectivity index (χ0n) is 17.0. The van der Waals surface area contributed by atoms with Crippen LogP contribution in [0.3, 0.4) is 0 Å². The van der Waals surface area contributed by atoms with Gasteiger partial charge in [-0.1, -0.05) is 41.7 Å². The highest BCUT2D eigenvalue weighted by Crippen LogP contribution is 2.32. The van der Waals surface area contributed by atoms with Crippen LogP contribution in [0.15, 0.2) is 66.7 Å². The van der Waals surface area contributed by atoms with Gasteiger partial charge in [0.1, 0.15) is 5.00 Å². The van der Waals surface area contributed by atoms with E-state index in [0.717, 1.165) is 27.8 Å². The number of nitrogens with one attached hydrogen (secondary N) is 3. The van der Waals surface area contributed by atoms with E-state index in [9.17, 15) is 14.4 Å². The van der Waals surface area contributed by atoms with Gasteiger partial charge in [-0.2, -0.15) is 0 Å². The zero-order valence-corrected chi connectivity index (χ0v) is 17.8. The molecule has 0 aliphatic heterocycles. The predicted octanol–water partition coefficient (Wildman–Crippen LogP) is 4.35. The van der Waals surface area contributed by atoms with Crippen LogP contribution in [0.5, 0.6) is 0 Å². The molecule has 32 heavy (non-hydrogen) atoms. The van der Waals surface area contributed by atoms with Crippen molar-refractivity contribution in [3.8, 4) is 0 Å². The van der Waals surface area contributed by atoms with Crippen LogP contribution >= 0.6 is 11.3 Å². The van der Waals surface area contributed by atoms with Crippen molar-refractivity contribution in [3.05, 3.63) is 78.0 Å². The molecule has 0 aliphatic rings. The first kappa shape index (κ1) is 21.0. The highest BCUT2D eigenvalue weighted by atomic mass is 32.1. The molecule has 0 aliphatic carbocycles. The molecule has 1 aromatic heterocycles. The summed E-state index contributed by atoms with van der Waals surface area (Å²) in [7, 11) is 0. The van der Waals surface area contributed by atoms with Crippen LogP contribution in [0, 0.1) is 0 Å². The molecule has 5 N–H and O–H groups in total. The number of nitrogens with two attached hydrogens (primary N) is 1. The lowest BCUT2D eigenvalue weighted by Gasteiger charge is -2.06. The van der Waals surface area contributed by atoms with E-state index in [-0.39, 0.29) is 16.6 Å². The van der Waals surface area contributed by atoms with E-state index in [4.69, 9.17) is 5.73 Å². The summed E-state index contributed by atoms with van der Waals surface area (Å²) in [4.78, 5) is 39.9. The van der Waals surface area contributed by atoms with Crippen LogP contribution in [0.2, 0.25) is 0 Å². The number of anilines is 4. The summed E-state index contributed by atoms with van der Waals surface area (Å²) in [6.45, 7) is 1.40. The van der Waals surface area contributed by atoms with E-state index in [0.29, 0.717) is 16.4 Å². The maximum absolute atomic E-state index is 12.6. The zero-order chi connectivity index (χ0) is 22.7.